The van der Waals surface area contributed by atoms with Crippen molar-refractivity contribution in [2.45, 2.75) is 20.5 Å². The quantitative estimate of drug-likeness (QED) is 0.442. The van der Waals surface area contributed by atoms with Gasteiger partial charge in [-0.1, -0.05) is 29.8 Å². The summed E-state index contributed by atoms with van der Waals surface area (Å²) in [6, 6.07) is 13.3. The second kappa shape index (κ2) is 9.21. The van der Waals surface area contributed by atoms with Gasteiger partial charge in [0.2, 0.25) is 0 Å². The van der Waals surface area contributed by atoms with Crippen LogP contribution in [0.3, 0.4) is 0 Å². The number of tetrazole rings is 1. The van der Waals surface area contributed by atoms with Gasteiger partial charge in [0.15, 0.2) is 0 Å². The van der Waals surface area contributed by atoms with Crippen LogP contribution in [-0.2, 0) is 11.3 Å². The van der Waals surface area contributed by atoms with Crippen LogP contribution in [0, 0.1) is 6.92 Å². The van der Waals surface area contributed by atoms with Gasteiger partial charge in [-0.3, -0.25) is 4.79 Å². The number of carbonyl (C=O) groups is 1. The molecule has 2 aromatic carbocycles. The molecule has 0 bridgehead atoms. The molecule has 0 amide bonds. The summed E-state index contributed by atoms with van der Waals surface area (Å²) in [7, 11) is 0. The van der Waals surface area contributed by atoms with Gasteiger partial charge in [-0.05, 0) is 48.0 Å². The van der Waals surface area contributed by atoms with Gasteiger partial charge in [-0.2, -0.15) is 4.68 Å². The van der Waals surface area contributed by atoms with Gasteiger partial charge in [0.05, 0.1) is 6.61 Å². The minimum Gasteiger partial charge on any atom is -0.487 e. The molecule has 0 spiro atoms. The zero-order valence-electron chi connectivity index (χ0n) is 17.5. The number of benzene rings is 2. The Morgan fingerprint density at radius 3 is 2.66 bits per heavy atom. The summed E-state index contributed by atoms with van der Waals surface area (Å²) >= 11 is 0. The average molecular weight is 432 g/mol. The molecule has 0 aliphatic rings. The second-order valence-corrected chi connectivity index (χ2v) is 6.91. The first-order valence-electron chi connectivity index (χ1n) is 9.87. The summed E-state index contributed by atoms with van der Waals surface area (Å²) in [6.45, 7) is 4.21. The topological polar surface area (TPSA) is 125 Å². The predicted octanol–water partition coefficient (Wildman–Crippen LogP) is 2.48. The highest BCUT2D eigenvalue weighted by Crippen LogP contribution is 2.28. The van der Waals surface area contributed by atoms with Crippen molar-refractivity contribution in [2.24, 2.45) is 0 Å². The van der Waals surface area contributed by atoms with Gasteiger partial charge in [-0.25, -0.2) is 9.78 Å². The van der Waals surface area contributed by atoms with Crippen molar-refractivity contribution in [3.63, 3.8) is 0 Å². The third kappa shape index (κ3) is 4.53. The number of hydrogen-bond acceptors (Lipinski definition) is 8. The van der Waals surface area contributed by atoms with Crippen molar-refractivity contribution in [2.75, 3.05) is 6.61 Å². The molecule has 0 saturated heterocycles. The molecule has 0 aliphatic carbocycles. The van der Waals surface area contributed by atoms with Crippen molar-refractivity contribution >= 4 is 5.97 Å². The Kier molecular flexibility index (Phi) is 6.02. The van der Waals surface area contributed by atoms with E-state index in [2.05, 4.69) is 25.5 Å². The zero-order valence-corrected chi connectivity index (χ0v) is 17.5. The average Bonchev–Trinajstić information content (AvgIpc) is 3.33. The van der Waals surface area contributed by atoms with Crippen LogP contribution in [0.2, 0.25) is 0 Å². The molecular formula is C22H20N6O4. The Morgan fingerprint density at radius 2 is 1.97 bits per heavy atom. The summed E-state index contributed by atoms with van der Waals surface area (Å²) in [5.74, 6) is 0.108. The number of ether oxygens (including phenoxy) is 2. The second-order valence-electron chi connectivity index (χ2n) is 6.91. The largest absolute Gasteiger partial charge is 0.487 e. The number of rotatable bonds is 7. The number of aryl methyl sites for hydroxylation is 1. The third-order valence-corrected chi connectivity index (χ3v) is 4.64. The van der Waals surface area contributed by atoms with Gasteiger partial charge in [-0.15, -0.1) is 5.10 Å². The summed E-state index contributed by atoms with van der Waals surface area (Å²) in [5.41, 5.74) is 2.60. The van der Waals surface area contributed by atoms with E-state index >= 15 is 0 Å². The number of esters is 1. The smallest absolute Gasteiger partial charge is 0.345 e. The van der Waals surface area contributed by atoms with E-state index in [0.717, 1.165) is 5.56 Å². The molecule has 0 fully saturated rings. The van der Waals surface area contributed by atoms with Crippen LogP contribution in [0.25, 0.3) is 17.1 Å². The molecule has 0 atom stereocenters. The fraction of sp³-hybridized carbons (Fsp3) is 0.182. The lowest BCUT2D eigenvalue weighted by molar-refractivity contribution is 0.0523. The minimum atomic E-state index is -0.720. The van der Waals surface area contributed by atoms with Crippen molar-refractivity contribution in [3.05, 3.63) is 82.0 Å². The molecule has 0 radical (unpaired) electrons. The Balaban J connectivity index is 1.65. The van der Waals surface area contributed by atoms with Crippen LogP contribution in [0.1, 0.15) is 28.4 Å². The minimum absolute atomic E-state index is 0.158. The molecule has 0 aliphatic heterocycles. The van der Waals surface area contributed by atoms with Crippen LogP contribution in [0.15, 0.2) is 59.8 Å². The van der Waals surface area contributed by atoms with E-state index in [9.17, 15) is 9.59 Å². The standard InChI is InChI=1S/C22H20N6O4/c1-3-31-22(30)17-11-23-20(25-21(17)29)16-8-9-19(18(10-16)28-13-24-26-27-28)32-12-15-6-4-14(2)5-7-15/h4-11,13H,3,12H2,1-2H3,(H,23,25,29). The van der Waals surface area contributed by atoms with Crippen LogP contribution in [0.4, 0.5) is 0 Å². The molecule has 10 nitrogen and oxygen atoms in total. The monoisotopic (exact) mass is 432 g/mol. The Morgan fingerprint density at radius 1 is 1.16 bits per heavy atom. The lowest BCUT2D eigenvalue weighted by Crippen LogP contribution is -2.21. The van der Waals surface area contributed by atoms with E-state index in [1.165, 1.54) is 22.8 Å². The van der Waals surface area contributed by atoms with E-state index in [4.69, 9.17) is 9.47 Å². The highest BCUT2D eigenvalue weighted by atomic mass is 16.5. The molecule has 32 heavy (non-hydrogen) atoms. The summed E-state index contributed by atoms with van der Waals surface area (Å²) < 4.78 is 12.3. The fourth-order valence-corrected chi connectivity index (χ4v) is 2.98. The van der Waals surface area contributed by atoms with E-state index in [1.54, 1.807) is 25.1 Å². The van der Waals surface area contributed by atoms with Gasteiger partial charge >= 0.3 is 5.97 Å². The molecule has 1 N–H and O–H groups in total. The van der Waals surface area contributed by atoms with Gasteiger partial charge in [0, 0.05) is 11.8 Å². The number of carbonyl (C=O) groups excluding carboxylic acids is 1. The van der Waals surface area contributed by atoms with Gasteiger partial charge < -0.3 is 14.5 Å². The molecular weight excluding hydrogens is 412 g/mol. The van der Waals surface area contributed by atoms with Crippen LogP contribution in [-0.4, -0.2) is 42.8 Å². The maximum atomic E-state index is 12.3. The Hall–Kier alpha value is -4.34. The van der Waals surface area contributed by atoms with E-state index < -0.39 is 11.5 Å². The van der Waals surface area contributed by atoms with Crippen molar-refractivity contribution in [3.8, 4) is 22.8 Å². The number of hydrogen-bond donors (Lipinski definition) is 1. The highest BCUT2D eigenvalue weighted by Gasteiger charge is 2.15. The van der Waals surface area contributed by atoms with Gasteiger partial charge in [0.1, 0.15) is 35.8 Å². The number of nitrogens with one attached hydrogen (secondary N) is 1. The first-order valence-corrected chi connectivity index (χ1v) is 9.87. The molecule has 0 saturated carbocycles. The van der Waals surface area contributed by atoms with Crippen LogP contribution in [0.5, 0.6) is 5.75 Å². The number of nitrogens with zero attached hydrogens (tertiary/aromatic N) is 5. The van der Waals surface area contributed by atoms with Crippen LogP contribution >= 0.6 is 0 Å². The first kappa shape index (κ1) is 20.9. The van der Waals surface area contributed by atoms with Crippen molar-refractivity contribution in [1.29, 1.82) is 0 Å². The van der Waals surface area contributed by atoms with Gasteiger partial charge in [0.25, 0.3) is 5.56 Å². The molecule has 2 aromatic heterocycles. The predicted molar refractivity (Wildman–Crippen MR) is 114 cm³/mol. The normalized spacial score (nSPS) is 10.7. The summed E-state index contributed by atoms with van der Waals surface area (Å²) in [5, 5.41) is 11.3. The number of H-pyrrole nitrogens is 1. The number of aromatic amines is 1. The first-order chi connectivity index (χ1) is 15.5. The fourth-order valence-electron chi connectivity index (χ4n) is 2.98. The van der Waals surface area contributed by atoms with Crippen molar-refractivity contribution in [1.82, 2.24) is 30.2 Å². The van der Waals surface area contributed by atoms with Crippen LogP contribution < -0.4 is 10.3 Å². The Labute approximate surface area is 182 Å². The van der Waals surface area contributed by atoms with E-state index in [-0.39, 0.29) is 18.0 Å². The summed E-state index contributed by atoms with van der Waals surface area (Å²) in [4.78, 5) is 31.0. The maximum Gasteiger partial charge on any atom is 0.345 e. The lowest BCUT2D eigenvalue weighted by atomic mass is 10.1. The molecule has 4 aromatic rings. The molecule has 0 unspecified atom stereocenters. The van der Waals surface area contributed by atoms with E-state index in [0.29, 0.717) is 23.6 Å². The SMILES string of the molecule is CCOC(=O)c1cnc(-c2ccc(OCc3ccc(C)cc3)c(-n3cnnn3)c2)[nH]c1=O. The van der Waals surface area contributed by atoms with E-state index in [1.807, 2.05) is 31.2 Å². The van der Waals surface area contributed by atoms with Crippen molar-refractivity contribution < 1.29 is 14.3 Å². The lowest BCUT2D eigenvalue weighted by Gasteiger charge is -2.13. The molecule has 162 valence electrons. The Bertz CT molecular complexity index is 1280. The molecule has 2 heterocycles. The molecule has 10 heteroatoms. The maximum absolute atomic E-state index is 12.3. The highest BCUT2D eigenvalue weighted by molar-refractivity contribution is 5.88. The summed E-state index contributed by atoms with van der Waals surface area (Å²) in [6.07, 6.45) is 2.64. The third-order valence-electron chi connectivity index (χ3n) is 4.64. The number of aromatic nitrogens is 6. The molecule has 4 rings (SSSR count). The zero-order chi connectivity index (χ0) is 22.5.